The molecule has 0 radical (unpaired) electrons. The number of benzene rings is 1. The molecule has 1 aliphatic rings. The van der Waals surface area contributed by atoms with Gasteiger partial charge in [0.1, 0.15) is 11.8 Å². The van der Waals surface area contributed by atoms with Gasteiger partial charge in [0.05, 0.1) is 12.5 Å². The van der Waals surface area contributed by atoms with Crippen LogP contribution in [0, 0.1) is 17.2 Å². The van der Waals surface area contributed by atoms with Crippen LogP contribution in [0.3, 0.4) is 0 Å². The molecular weight excluding hydrogens is 266 g/mol. The van der Waals surface area contributed by atoms with Crippen molar-refractivity contribution in [3.05, 3.63) is 35.5 Å². The number of nitriles is 1. The van der Waals surface area contributed by atoms with Gasteiger partial charge in [-0.2, -0.15) is 5.26 Å². The highest BCUT2D eigenvalue weighted by molar-refractivity contribution is 5.86. The van der Waals surface area contributed by atoms with E-state index < -0.39 is 0 Å². The highest BCUT2D eigenvalue weighted by atomic mass is 16.5. The molecule has 2 aromatic rings. The Hall–Kier alpha value is -2.32. The van der Waals surface area contributed by atoms with Gasteiger partial charge in [-0.1, -0.05) is 18.2 Å². The Morgan fingerprint density at radius 1 is 1.48 bits per heavy atom. The quantitative estimate of drug-likeness (QED) is 0.867. The highest BCUT2D eigenvalue weighted by Crippen LogP contribution is 2.24. The Bertz CT molecular complexity index is 727. The Labute approximate surface area is 123 Å². The van der Waals surface area contributed by atoms with Gasteiger partial charge in [-0.25, -0.2) is 0 Å². The molecule has 0 bridgehead atoms. The maximum absolute atomic E-state index is 11.4. The van der Waals surface area contributed by atoms with Crippen LogP contribution in [0.4, 0.5) is 0 Å². The fourth-order valence-electron chi connectivity index (χ4n) is 2.89. The third-order valence-electron chi connectivity index (χ3n) is 4.05. The van der Waals surface area contributed by atoms with Crippen molar-refractivity contribution in [2.75, 3.05) is 13.2 Å². The summed E-state index contributed by atoms with van der Waals surface area (Å²) in [5.41, 5.74) is 2.70. The number of rotatable bonds is 4. The first-order chi connectivity index (χ1) is 10.2. The topological polar surface area (TPSA) is 67.1 Å². The summed E-state index contributed by atoms with van der Waals surface area (Å²) in [6.07, 6.45) is 0.770. The average molecular weight is 283 g/mol. The first-order valence-corrected chi connectivity index (χ1v) is 7.06. The van der Waals surface area contributed by atoms with Gasteiger partial charge in [-0.05, 0) is 12.5 Å². The van der Waals surface area contributed by atoms with E-state index in [4.69, 9.17) is 4.74 Å². The number of nitrogens with one attached hydrogen (secondary N) is 1. The molecule has 1 unspecified atom stereocenters. The number of carbonyl (C=O) groups excluding carboxylic acids is 1. The van der Waals surface area contributed by atoms with Gasteiger partial charge in [0, 0.05) is 36.6 Å². The zero-order valence-electron chi connectivity index (χ0n) is 11.9. The van der Waals surface area contributed by atoms with E-state index in [-0.39, 0.29) is 11.9 Å². The van der Waals surface area contributed by atoms with Crippen LogP contribution >= 0.6 is 0 Å². The minimum Gasteiger partial charge on any atom is -0.465 e. The van der Waals surface area contributed by atoms with Gasteiger partial charge in [0.15, 0.2) is 0 Å². The number of cyclic esters (lactones) is 1. The Morgan fingerprint density at radius 2 is 2.29 bits per heavy atom. The van der Waals surface area contributed by atoms with Crippen LogP contribution in [0.1, 0.15) is 17.7 Å². The lowest BCUT2D eigenvalue weighted by molar-refractivity contribution is -0.141. The van der Waals surface area contributed by atoms with Crippen molar-refractivity contribution >= 4 is 16.9 Å². The number of hydrogen-bond donors (Lipinski definition) is 1. The molecule has 1 saturated heterocycles. The third kappa shape index (κ3) is 2.39. The van der Waals surface area contributed by atoms with Crippen LogP contribution in [0.25, 0.3) is 10.9 Å². The molecule has 0 saturated carbocycles. The molecule has 21 heavy (non-hydrogen) atoms. The minimum atomic E-state index is -0.124. The summed E-state index contributed by atoms with van der Waals surface area (Å²) < 4.78 is 6.86. The second kappa shape index (κ2) is 5.58. The van der Waals surface area contributed by atoms with E-state index in [9.17, 15) is 10.1 Å². The zero-order valence-corrected chi connectivity index (χ0v) is 11.9. The van der Waals surface area contributed by atoms with Crippen molar-refractivity contribution in [2.24, 2.45) is 13.0 Å². The lowest BCUT2D eigenvalue weighted by atomic mass is 10.1. The molecule has 5 nitrogen and oxygen atoms in total. The van der Waals surface area contributed by atoms with Crippen LogP contribution in [0.2, 0.25) is 0 Å². The van der Waals surface area contributed by atoms with Crippen molar-refractivity contribution < 1.29 is 9.53 Å². The van der Waals surface area contributed by atoms with Crippen LogP contribution in [-0.4, -0.2) is 23.7 Å². The first-order valence-electron chi connectivity index (χ1n) is 7.06. The van der Waals surface area contributed by atoms with Gasteiger partial charge in [-0.15, -0.1) is 0 Å². The first kappa shape index (κ1) is 13.7. The Balaban J connectivity index is 1.80. The molecule has 108 valence electrons. The fraction of sp³-hybridized carbons (Fsp3) is 0.375. The van der Waals surface area contributed by atoms with E-state index in [0.717, 1.165) is 22.9 Å². The van der Waals surface area contributed by atoms with Gasteiger partial charge >= 0.3 is 5.97 Å². The molecule has 1 aromatic heterocycles. The predicted octanol–water partition coefficient (Wildman–Crippen LogP) is 1.70. The largest absolute Gasteiger partial charge is 0.465 e. The smallest absolute Gasteiger partial charge is 0.310 e. The average Bonchev–Trinajstić information content (AvgIpc) is 3.02. The molecule has 0 aliphatic carbocycles. The molecular formula is C16H17N3O2. The normalized spacial score (nSPS) is 17.9. The Kier molecular flexibility index (Phi) is 3.63. The van der Waals surface area contributed by atoms with Crippen molar-refractivity contribution in [3.63, 3.8) is 0 Å². The summed E-state index contributed by atoms with van der Waals surface area (Å²) >= 11 is 0. The van der Waals surface area contributed by atoms with Crippen LogP contribution < -0.4 is 5.32 Å². The monoisotopic (exact) mass is 283 g/mol. The third-order valence-corrected chi connectivity index (χ3v) is 4.05. The van der Waals surface area contributed by atoms with Gasteiger partial charge in [-0.3, -0.25) is 4.79 Å². The second-order valence-corrected chi connectivity index (χ2v) is 5.30. The van der Waals surface area contributed by atoms with Crippen molar-refractivity contribution in [3.8, 4) is 6.07 Å². The Morgan fingerprint density at radius 3 is 3.00 bits per heavy atom. The number of carbonyl (C=O) groups is 1. The van der Waals surface area contributed by atoms with Crippen LogP contribution in [-0.2, 0) is 23.1 Å². The number of fused-ring (bicyclic) bond motifs is 1. The van der Waals surface area contributed by atoms with Crippen molar-refractivity contribution in [1.82, 2.24) is 9.88 Å². The van der Waals surface area contributed by atoms with E-state index in [2.05, 4.69) is 11.4 Å². The summed E-state index contributed by atoms with van der Waals surface area (Å²) in [6, 6.07) is 10.2. The molecule has 2 heterocycles. The van der Waals surface area contributed by atoms with E-state index in [1.165, 1.54) is 0 Å². The minimum absolute atomic E-state index is 0.0643. The van der Waals surface area contributed by atoms with E-state index in [0.29, 0.717) is 25.4 Å². The van der Waals surface area contributed by atoms with Crippen LogP contribution in [0.15, 0.2) is 24.3 Å². The predicted molar refractivity (Wildman–Crippen MR) is 78.4 cm³/mol. The SMILES string of the molecule is Cn1c(C#N)c(CNCC2CCOC2=O)c2ccccc21. The van der Waals surface area contributed by atoms with E-state index in [1.807, 2.05) is 35.9 Å². The lowest BCUT2D eigenvalue weighted by Crippen LogP contribution is -2.25. The van der Waals surface area contributed by atoms with E-state index in [1.54, 1.807) is 0 Å². The number of esters is 1. The maximum Gasteiger partial charge on any atom is 0.310 e. The molecule has 1 aromatic carbocycles. The summed E-state index contributed by atoms with van der Waals surface area (Å²) in [7, 11) is 1.90. The van der Waals surface area contributed by atoms with Crippen molar-refractivity contribution in [2.45, 2.75) is 13.0 Å². The lowest BCUT2D eigenvalue weighted by Gasteiger charge is -2.07. The summed E-state index contributed by atoms with van der Waals surface area (Å²) in [5, 5.41) is 13.8. The summed E-state index contributed by atoms with van der Waals surface area (Å²) in [5.74, 6) is -0.188. The number of aromatic nitrogens is 1. The summed E-state index contributed by atoms with van der Waals surface area (Å²) in [6.45, 7) is 1.68. The molecule has 1 aliphatic heterocycles. The molecule has 0 amide bonds. The number of ether oxygens (including phenoxy) is 1. The maximum atomic E-state index is 11.4. The van der Waals surface area contributed by atoms with Gasteiger partial charge < -0.3 is 14.6 Å². The fourth-order valence-corrected chi connectivity index (χ4v) is 2.89. The molecule has 5 heteroatoms. The molecule has 0 spiro atoms. The molecule has 1 fully saturated rings. The zero-order chi connectivity index (χ0) is 14.8. The number of hydrogen-bond acceptors (Lipinski definition) is 4. The van der Waals surface area contributed by atoms with Crippen LogP contribution in [0.5, 0.6) is 0 Å². The highest BCUT2D eigenvalue weighted by Gasteiger charge is 2.26. The molecule has 3 rings (SSSR count). The molecule has 1 atom stereocenters. The van der Waals surface area contributed by atoms with E-state index >= 15 is 0 Å². The standard InChI is InChI=1S/C16H17N3O2/c1-19-14-5-3-2-4-12(14)13(15(19)8-17)10-18-9-11-6-7-21-16(11)20/h2-5,11,18H,6-7,9-10H2,1H3. The summed E-state index contributed by atoms with van der Waals surface area (Å²) in [4.78, 5) is 11.4. The molecule has 1 N–H and O–H groups in total. The van der Waals surface area contributed by atoms with Crippen molar-refractivity contribution in [1.29, 1.82) is 5.26 Å². The van der Waals surface area contributed by atoms with Gasteiger partial charge in [0.25, 0.3) is 0 Å². The number of aryl methyl sites for hydroxylation is 1. The van der Waals surface area contributed by atoms with Gasteiger partial charge in [0.2, 0.25) is 0 Å². The second-order valence-electron chi connectivity index (χ2n) is 5.30. The number of nitrogens with zero attached hydrogens (tertiary/aromatic N) is 2. The number of para-hydroxylation sites is 1.